The molecular weight excluding hydrogens is 386 g/mol. The third-order valence-corrected chi connectivity index (χ3v) is 5.32. The number of amides is 1. The number of hydrogen-bond acceptors (Lipinski definition) is 3. The van der Waals surface area contributed by atoms with Crippen LogP contribution in [-0.4, -0.2) is 23.4 Å². The van der Waals surface area contributed by atoms with Crippen LogP contribution in [0.5, 0.6) is 0 Å². The first-order valence-corrected chi connectivity index (χ1v) is 9.88. The molecular formula is C24H24ClNO3. The zero-order valence-electron chi connectivity index (χ0n) is 16.7. The van der Waals surface area contributed by atoms with Crippen molar-refractivity contribution in [3.8, 4) is 0 Å². The van der Waals surface area contributed by atoms with E-state index in [-0.39, 0.29) is 24.9 Å². The highest BCUT2D eigenvalue weighted by atomic mass is 35.5. The second-order valence-electron chi connectivity index (χ2n) is 7.16. The smallest absolute Gasteiger partial charge is 0.336 e. The van der Waals surface area contributed by atoms with Gasteiger partial charge in [0.05, 0.1) is 12.1 Å². The monoisotopic (exact) mass is 409 g/mol. The Hall–Kier alpha value is -2.85. The Labute approximate surface area is 176 Å². The Kier molecular flexibility index (Phi) is 6.55. The van der Waals surface area contributed by atoms with E-state index >= 15 is 0 Å². The molecule has 29 heavy (non-hydrogen) atoms. The predicted molar refractivity (Wildman–Crippen MR) is 114 cm³/mol. The molecule has 0 saturated heterocycles. The Morgan fingerprint density at radius 3 is 2.62 bits per heavy atom. The van der Waals surface area contributed by atoms with Crippen LogP contribution in [0, 0.1) is 6.92 Å². The van der Waals surface area contributed by atoms with Gasteiger partial charge in [-0.25, -0.2) is 4.79 Å². The van der Waals surface area contributed by atoms with Crippen molar-refractivity contribution in [2.45, 2.75) is 32.7 Å². The molecule has 5 heteroatoms. The first-order chi connectivity index (χ1) is 13.9. The summed E-state index contributed by atoms with van der Waals surface area (Å²) in [6.45, 7) is 7.88. The van der Waals surface area contributed by atoms with Gasteiger partial charge in [-0.05, 0) is 37.1 Å². The molecule has 0 radical (unpaired) electrons. The lowest BCUT2D eigenvalue weighted by atomic mass is 9.83. The molecule has 0 aliphatic carbocycles. The fraction of sp³-hybridized carbons (Fsp3) is 0.250. The summed E-state index contributed by atoms with van der Waals surface area (Å²) in [4.78, 5) is 27.5. The molecule has 0 bridgehead atoms. The zero-order chi connectivity index (χ0) is 21.0. The summed E-state index contributed by atoms with van der Waals surface area (Å²) in [7, 11) is 0. The van der Waals surface area contributed by atoms with Crippen LogP contribution in [0.1, 0.15) is 36.0 Å². The van der Waals surface area contributed by atoms with Gasteiger partial charge in [0.1, 0.15) is 6.61 Å². The quantitative estimate of drug-likeness (QED) is 0.488. The maximum Gasteiger partial charge on any atom is 0.336 e. The van der Waals surface area contributed by atoms with Gasteiger partial charge in [0, 0.05) is 23.1 Å². The van der Waals surface area contributed by atoms with E-state index in [2.05, 4.69) is 6.58 Å². The van der Waals surface area contributed by atoms with Gasteiger partial charge in [0.2, 0.25) is 5.91 Å². The lowest BCUT2D eigenvalue weighted by Crippen LogP contribution is -2.38. The molecule has 0 aromatic heterocycles. The molecule has 1 heterocycles. The number of carbonyl (C=O) groups is 2. The van der Waals surface area contributed by atoms with E-state index < -0.39 is 5.97 Å². The van der Waals surface area contributed by atoms with Crippen LogP contribution >= 0.6 is 11.6 Å². The van der Waals surface area contributed by atoms with Gasteiger partial charge in [-0.15, -0.1) is 0 Å². The van der Waals surface area contributed by atoms with Crippen molar-refractivity contribution in [2.75, 3.05) is 6.61 Å². The van der Waals surface area contributed by atoms with E-state index in [4.69, 9.17) is 16.3 Å². The standard InChI is InChI=1S/C24H24ClNO3/c1-4-12-29-24(28)23-17(3)26(15-18-6-5-7-20(25)13-18)22(27)14-21(23)19-10-8-16(2)9-11-19/h4-11,13,21H,1,12,14-15H2,2-3H3/t21-/m0/s1. The Bertz CT molecular complexity index is 962. The summed E-state index contributed by atoms with van der Waals surface area (Å²) in [5.74, 6) is -0.791. The van der Waals surface area contributed by atoms with Crippen LogP contribution in [0.25, 0.3) is 0 Å². The van der Waals surface area contributed by atoms with Crippen LogP contribution in [0.3, 0.4) is 0 Å². The SMILES string of the molecule is C=CCOC(=O)C1=C(C)N(Cc2cccc(Cl)c2)C(=O)C[C@H]1c1ccc(C)cc1. The molecule has 2 aromatic carbocycles. The van der Waals surface area contributed by atoms with Gasteiger partial charge in [0.15, 0.2) is 0 Å². The van der Waals surface area contributed by atoms with Crippen molar-refractivity contribution in [3.63, 3.8) is 0 Å². The average molecular weight is 410 g/mol. The van der Waals surface area contributed by atoms with Crippen molar-refractivity contribution in [2.24, 2.45) is 0 Å². The highest BCUT2D eigenvalue weighted by molar-refractivity contribution is 6.30. The Balaban J connectivity index is 2.01. The third-order valence-electron chi connectivity index (χ3n) is 5.08. The lowest BCUT2D eigenvalue weighted by molar-refractivity contribution is -0.139. The van der Waals surface area contributed by atoms with Gasteiger partial charge in [-0.1, -0.05) is 66.2 Å². The molecule has 1 amide bonds. The second kappa shape index (κ2) is 9.10. The van der Waals surface area contributed by atoms with E-state index in [1.807, 2.05) is 49.4 Å². The molecule has 3 rings (SSSR count). The summed E-state index contributed by atoms with van der Waals surface area (Å²) < 4.78 is 5.36. The molecule has 1 aliphatic rings. The van der Waals surface area contributed by atoms with Gasteiger partial charge in [-0.2, -0.15) is 0 Å². The number of allylic oxidation sites excluding steroid dienone is 1. The van der Waals surface area contributed by atoms with Gasteiger partial charge >= 0.3 is 5.97 Å². The summed E-state index contributed by atoms with van der Waals surface area (Å²) >= 11 is 6.09. The molecule has 0 N–H and O–H groups in total. The molecule has 4 nitrogen and oxygen atoms in total. The van der Waals surface area contributed by atoms with Gasteiger partial charge in [-0.3, -0.25) is 4.79 Å². The van der Waals surface area contributed by atoms with Crippen molar-refractivity contribution in [1.82, 2.24) is 4.90 Å². The van der Waals surface area contributed by atoms with E-state index in [1.165, 1.54) is 6.08 Å². The number of nitrogens with zero attached hydrogens (tertiary/aromatic N) is 1. The van der Waals surface area contributed by atoms with Gasteiger partial charge < -0.3 is 9.64 Å². The van der Waals surface area contributed by atoms with Crippen molar-refractivity contribution in [1.29, 1.82) is 0 Å². The molecule has 0 fully saturated rings. The molecule has 1 atom stereocenters. The number of benzene rings is 2. The first-order valence-electron chi connectivity index (χ1n) is 9.51. The molecule has 0 spiro atoms. The first kappa shape index (κ1) is 20.9. The minimum Gasteiger partial charge on any atom is -0.458 e. The van der Waals surface area contributed by atoms with Crippen molar-refractivity contribution in [3.05, 3.63) is 94.2 Å². The highest BCUT2D eigenvalue weighted by Crippen LogP contribution is 2.37. The number of esters is 1. The fourth-order valence-corrected chi connectivity index (χ4v) is 3.79. The average Bonchev–Trinajstić information content (AvgIpc) is 2.69. The number of halogens is 1. The van der Waals surface area contributed by atoms with E-state index in [0.29, 0.717) is 22.8 Å². The number of carbonyl (C=O) groups excluding carboxylic acids is 2. The van der Waals surface area contributed by atoms with Crippen molar-refractivity contribution < 1.29 is 14.3 Å². The lowest BCUT2D eigenvalue weighted by Gasteiger charge is -2.34. The van der Waals surface area contributed by atoms with Crippen LogP contribution in [0.15, 0.2) is 72.5 Å². The molecule has 1 aliphatic heterocycles. The predicted octanol–water partition coefficient (Wildman–Crippen LogP) is 5.17. The Morgan fingerprint density at radius 2 is 1.97 bits per heavy atom. The van der Waals surface area contributed by atoms with Gasteiger partial charge in [0.25, 0.3) is 0 Å². The number of rotatable bonds is 6. The summed E-state index contributed by atoms with van der Waals surface area (Å²) in [6, 6.07) is 15.3. The van der Waals surface area contributed by atoms with Crippen molar-refractivity contribution >= 4 is 23.5 Å². The van der Waals surface area contributed by atoms with E-state index in [1.54, 1.807) is 17.9 Å². The van der Waals surface area contributed by atoms with E-state index in [9.17, 15) is 9.59 Å². The van der Waals surface area contributed by atoms with Crippen LogP contribution in [0.4, 0.5) is 0 Å². The third kappa shape index (κ3) is 4.77. The summed E-state index contributed by atoms with van der Waals surface area (Å²) in [6.07, 6.45) is 1.74. The number of aryl methyl sites for hydroxylation is 1. The zero-order valence-corrected chi connectivity index (χ0v) is 17.4. The maximum absolute atomic E-state index is 13.0. The topological polar surface area (TPSA) is 46.6 Å². The second-order valence-corrected chi connectivity index (χ2v) is 7.60. The van der Waals surface area contributed by atoms with Crippen LogP contribution < -0.4 is 0 Å². The molecule has 0 unspecified atom stereocenters. The van der Waals surface area contributed by atoms with E-state index in [0.717, 1.165) is 16.7 Å². The van der Waals surface area contributed by atoms with Crippen LogP contribution in [0.2, 0.25) is 5.02 Å². The molecule has 150 valence electrons. The highest BCUT2D eigenvalue weighted by Gasteiger charge is 2.36. The maximum atomic E-state index is 13.0. The molecule has 2 aromatic rings. The minimum atomic E-state index is -0.420. The normalized spacial score (nSPS) is 16.7. The number of hydrogen-bond donors (Lipinski definition) is 0. The van der Waals surface area contributed by atoms with Crippen LogP contribution in [-0.2, 0) is 20.9 Å². The summed E-state index contributed by atoms with van der Waals surface area (Å²) in [5, 5.41) is 0.608. The Morgan fingerprint density at radius 1 is 1.24 bits per heavy atom. The minimum absolute atomic E-state index is 0.0340. The molecule has 0 saturated carbocycles. The largest absolute Gasteiger partial charge is 0.458 e. The summed E-state index contributed by atoms with van der Waals surface area (Å²) in [5.41, 5.74) is 4.07. The fourth-order valence-electron chi connectivity index (χ4n) is 3.58. The number of ether oxygens (including phenoxy) is 1.